The summed E-state index contributed by atoms with van der Waals surface area (Å²) in [5.41, 5.74) is 3.75. The fraction of sp³-hybridized carbons (Fsp3) is 0.308. The Morgan fingerprint density at radius 2 is 2.06 bits per heavy atom. The monoisotopic (exact) mass is 445 g/mol. The van der Waals surface area contributed by atoms with Crippen LogP contribution in [0, 0.1) is 0 Å². The van der Waals surface area contributed by atoms with Crippen molar-refractivity contribution in [2.24, 2.45) is 0 Å². The third-order valence-corrected chi connectivity index (χ3v) is 5.98. The Morgan fingerprint density at radius 3 is 2.85 bits per heavy atom. The topological polar surface area (TPSA) is 85.5 Å². The molecule has 1 aliphatic rings. The number of benzene rings is 2. The number of hydrogen-bond donors (Lipinski definition) is 2. The van der Waals surface area contributed by atoms with Crippen LogP contribution in [0.4, 0.5) is 0 Å². The molecule has 0 unspecified atom stereocenters. The Labute approximate surface area is 192 Å². The number of carbonyl (C=O) groups excluding carboxylic acids is 1. The molecule has 33 heavy (non-hydrogen) atoms. The van der Waals surface area contributed by atoms with Gasteiger partial charge in [0.1, 0.15) is 5.69 Å². The summed E-state index contributed by atoms with van der Waals surface area (Å²) < 4.78 is 16.9. The number of methoxy groups -OCH3 is 1. The third kappa shape index (κ3) is 4.12. The number of aromatic amines is 1. The number of fused-ring (bicyclic) bond motifs is 3. The molecule has 4 aromatic rings. The average molecular weight is 446 g/mol. The van der Waals surface area contributed by atoms with Crippen LogP contribution >= 0.6 is 0 Å². The summed E-state index contributed by atoms with van der Waals surface area (Å²) in [6.07, 6.45) is 2.07. The van der Waals surface area contributed by atoms with Gasteiger partial charge in [-0.3, -0.25) is 4.79 Å². The van der Waals surface area contributed by atoms with E-state index in [1.54, 1.807) is 7.11 Å². The van der Waals surface area contributed by atoms with Gasteiger partial charge in [-0.1, -0.05) is 18.2 Å². The van der Waals surface area contributed by atoms with Crippen LogP contribution in [0.3, 0.4) is 0 Å². The van der Waals surface area contributed by atoms with E-state index in [1.165, 1.54) is 0 Å². The number of amides is 1. The van der Waals surface area contributed by atoms with Gasteiger partial charge in [0.05, 0.1) is 31.0 Å². The summed E-state index contributed by atoms with van der Waals surface area (Å²) in [5, 5.41) is 4.99. The molecule has 1 saturated heterocycles. The van der Waals surface area contributed by atoms with Gasteiger partial charge < -0.3 is 24.5 Å². The van der Waals surface area contributed by atoms with Crippen LogP contribution in [-0.2, 0) is 4.74 Å². The molecule has 0 saturated carbocycles. The zero-order valence-corrected chi connectivity index (χ0v) is 18.8. The highest BCUT2D eigenvalue weighted by Crippen LogP contribution is 2.36. The lowest BCUT2D eigenvalue weighted by Crippen LogP contribution is -2.32. The number of hydrogen-bond acceptors (Lipinski definition) is 5. The first-order valence-corrected chi connectivity index (χ1v) is 11.3. The van der Waals surface area contributed by atoms with E-state index in [0.717, 1.165) is 46.8 Å². The van der Waals surface area contributed by atoms with Crippen molar-refractivity contribution in [1.82, 2.24) is 15.3 Å². The first kappa shape index (κ1) is 21.3. The van der Waals surface area contributed by atoms with Gasteiger partial charge in [0.15, 0.2) is 11.5 Å². The minimum Gasteiger partial charge on any atom is -0.493 e. The second kappa shape index (κ2) is 9.11. The zero-order valence-electron chi connectivity index (χ0n) is 18.8. The molecule has 0 aliphatic carbocycles. The summed E-state index contributed by atoms with van der Waals surface area (Å²) in [5.74, 6) is 1.08. The second-order valence-electron chi connectivity index (χ2n) is 8.09. The number of H-pyrrole nitrogens is 1. The Kier molecular flexibility index (Phi) is 5.88. The normalized spacial score (nSPS) is 15.8. The number of nitrogens with one attached hydrogen (secondary N) is 2. The lowest BCUT2D eigenvalue weighted by Gasteiger charge is -2.13. The second-order valence-corrected chi connectivity index (χ2v) is 8.09. The number of pyridine rings is 1. The standard InChI is InChI=1S/C26H27N3O4/c1-3-32-22-11-10-16(13-23(22)31-2)24-25-19(18-8-4-5-9-20(18)28-25)14-21(29-24)26(30)27-15-17-7-6-12-33-17/h4-5,8-11,13-14,17,28H,3,6-7,12,15H2,1-2H3,(H,27,30)/t17-/m0/s1. The molecule has 7 nitrogen and oxygen atoms in total. The molecule has 1 amide bonds. The van der Waals surface area contributed by atoms with E-state index in [0.29, 0.717) is 36.0 Å². The van der Waals surface area contributed by atoms with Gasteiger partial charge in [-0.25, -0.2) is 4.98 Å². The number of carbonyl (C=O) groups is 1. The molecule has 7 heteroatoms. The van der Waals surface area contributed by atoms with Gasteiger partial charge in [0.25, 0.3) is 5.91 Å². The fourth-order valence-corrected chi connectivity index (χ4v) is 4.36. The Hall–Kier alpha value is -3.58. The van der Waals surface area contributed by atoms with Crippen LogP contribution in [0.25, 0.3) is 33.1 Å². The van der Waals surface area contributed by atoms with E-state index in [4.69, 9.17) is 19.2 Å². The largest absolute Gasteiger partial charge is 0.493 e. The maximum Gasteiger partial charge on any atom is 0.270 e. The van der Waals surface area contributed by atoms with E-state index >= 15 is 0 Å². The van der Waals surface area contributed by atoms with Crippen LogP contribution in [0.2, 0.25) is 0 Å². The van der Waals surface area contributed by atoms with Crippen molar-refractivity contribution in [3.05, 3.63) is 54.2 Å². The van der Waals surface area contributed by atoms with E-state index in [-0.39, 0.29) is 12.0 Å². The van der Waals surface area contributed by atoms with E-state index in [1.807, 2.05) is 55.5 Å². The molecule has 2 aromatic carbocycles. The minimum absolute atomic E-state index is 0.0700. The number of aromatic nitrogens is 2. The number of ether oxygens (including phenoxy) is 3. The van der Waals surface area contributed by atoms with Gasteiger partial charge >= 0.3 is 0 Å². The molecule has 2 N–H and O–H groups in total. The Bertz CT molecular complexity index is 1310. The molecule has 0 bridgehead atoms. The van der Waals surface area contributed by atoms with E-state index in [9.17, 15) is 4.79 Å². The Morgan fingerprint density at radius 1 is 1.18 bits per heavy atom. The summed E-state index contributed by atoms with van der Waals surface area (Å²) >= 11 is 0. The maximum atomic E-state index is 13.1. The summed E-state index contributed by atoms with van der Waals surface area (Å²) in [6, 6.07) is 15.6. The van der Waals surface area contributed by atoms with E-state index in [2.05, 4.69) is 10.3 Å². The average Bonchev–Trinajstić information content (AvgIpc) is 3.50. The molecule has 3 heterocycles. The minimum atomic E-state index is -0.211. The van der Waals surface area contributed by atoms with Gasteiger partial charge in [0, 0.05) is 35.0 Å². The van der Waals surface area contributed by atoms with Crippen molar-refractivity contribution in [1.29, 1.82) is 0 Å². The predicted molar refractivity (Wildman–Crippen MR) is 128 cm³/mol. The van der Waals surface area contributed by atoms with Crippen molar-refractivity contribution < 1.29 is 19.0 Å². The molecule has 5 rings (SSSR count). The number of nitrogens with zero attached hydrogens (tertiary/aromatic N) is 1. The molecule has 2 aromatic heterocycles. The van der Waals surface area contributed by atoms with Gasteiger partial charge in [-0.15, -0.1) is 0 Å². The van der Waals surface area contributed by atoms with Crippen molar-refractivity contribution in [3.8, 4) is 22.8 Å². The summed E-state index contributed by atoms with van der Waals surface area (Å²) in [4.78, 5) is 21.3. The molecule has 1 atom stereocenters. The third-order valence-electron chi connectivity index (χ3n) is 5.98. The van der Waals surface area contributed by atoms with Crippen molar-refractivity contribution in [3.63, 3.8) is 0 Å². The molecule has 170 valence electrons. The highest BCUT2D eigenvalue weighted by molar-refractivity contribution is 6.13. The first-order chi connectivity index (χ1) is 16.2. The Balaban J connectivity index is 1.61. The van der Waals surface area contributed by atoms with Crippen LogP contribution in [0.5, 0.6) is 11.5 Å². The summed E-state index contributed by atoms with van der Waals surface area (Å²) in [6.45, 7) is 3.71. The number of rotatable bonds is 7. The SMILES string of the molecule is CCOc1ccc(-c2nc(C(=O)NC[C@@H]3CCCO3)cc3c2[nH]c2ccccc23)cc1OC. The van der Waals surface area contributed by atoms with Gasteiger partial charge in [0.2, 0.25) is 0 Å². The number of para-hydroxylation sites is 1. The zero-order chi connectivity index (χ0) is 22.8. The predicted octanol–water partition coefficient (Wildman–Crippen LogP) is 4.70. The van der Waals surface area contributed by atoms with E-state index < -0.39 is 0 Å². The first-order valence-electron chi connectivity index (χ1n) is 11.3. The molecular weight excluding hydrogens is 418 g/mol. The molecular formula is C26H27N3O4. The maximum absolute atomic E-state index is 13.1. The quantitative estimate of drug-likeness (QED) is 0.431. The highest BCUT2D eigenvalue weighted by Gasteiger charge is 2.20. The molecule has 1 fully saturated rings. The lowest BCUT2D eigenvalue weighted by atomic mass is 10.1. The van der Waals surface area contributed by atoms with Crippen LogP contribution < -0.4 is 14.8 Å². The smallest absolute Gasteiger partial charge is 0.270 e. The van der Waals surface area contributed by atoms with Crippen molar-refractivity contribution in [2.75, 3.05) is 26.9 Å². The fourth-order valence-electron chi connectivity index (χ4n) is 4.36. The van der Waals surface area contributed by atoms with Gasteiger partial charge in [-0.2, -0.15) is 0 Å². The molecule has 0 spiro atoms. The van der Waals surface area contributed by atoms with Crippen molar-refractivity contribution >= 4 is 27.7 Å². The van der Waals surface area contributed by atoms with Crippen LogP contribution in [0.1, 0.15) is 30.3 Å². The molecule has 1 aliphatic heterocycles. The van der Waals surface area contributed by atoms with Gasteiger partial charge in [-0.05, 0) is 50.1 Å². The van der Waals surface area contributed by atoms with Crippen LogP contribution in [-0.4, -0.2) is 48.8 Å². The van der Waals surface area contributed by atoms with Crippen LogP contribution in [0.15, 0.2) is 48.5 Å². The lowest BCUT2D eigenvalue weighted by molar-refractivity contribution is 0.0854. The highest BCUT2D eigenvalue weighted by atomic mass is 16.5. The molecule has 0 radical (unpaired) electrons. The summed E-state index contributed by atoms with van der Waals surface area (Å²) in [7, 11) is 1.61. The van der Waals surface area contributed by atoms with Crippen molar-refractivity contribution in [2.45, 2.75) is 25.9 Å².